The second kappa shape index (κ2) is 4.57. The number of nitrogens with two attached hydrogens (primary N) is 1. The molecule has 0 unspecified atom stereocenters. The van der Waals surface area contributed by atoms with Gasteiger partial charge in [-0.2, -0.15) is 0 Å². The van der Waals surface area contributed by atoms with E-state index in [0.717, 1.165) is 5.56 Å². The van der Waals surface area contributed by atoms with E-state index in [2.05, 4.69) is 9.97 Å². The second-order valence-corrected chi connectivity index (χ2v) is 4.45. The molecule has 3 N–H and O–H groups in total. The number of anilines is 1. The Hall–Kier alpha value is -2.62. The topological polar surface area (TPSA) is 71.8 Å². The highest BCUT2D eigenvalue weighted by atomic mass is 16.1. The van der Waals surface area contributed by atoms with Gasteiger partial charge < -0.3 is 10.7 Å². The lowest BCUT2D eigenvalue weighted by Gasteiger charge is -2.04. The van der Waals surface area contributed by atoms with Crippen molar-refractivity contribution >= 4 is 16.6 Å². The molecule has 0 spiro atoms. The summed E-state index contributed by atoms with van der Waals surface area (Å²) >= 11 is 0. The first-order valence-electron chi connectivity index (χ1n) is 6.05. The number of nitrogens with one attached hydrogen (secondary N) is 1. The molecule has 0 saturated carbocycles. The van der Waals surface area contributed by atoms with Gasteiger partial charge in [0, 0.05) is 12.1 Å². The van der Waals surface area contributed by atoms with Gasteiger partial charge >= 0.3 is 0 Å². The van der Waals surface area contributed by atoms with Crippen molar-refractivity contribution in [1.29, 1.82) is 0 Å². The van der Waals surface area contributed by atoms with Crippen molar-refractivity contribution in [3.8, 4) is 0 Å². The monoisotopic (exact) mass is 251 g/mol. The van der Waals surface area contributed by atoms with Crippen LogP contribution in [0.4, 0.5) is 5.69 Å². The minimum atomic E-state index is -0.107. The first-order chi connectivity index (χ1) is 9.22. The Morgan fingerprint density at radius 2 is 1.95 bits per heavy atom. The maximum Gasteiger partial charge on any atom is 0.258 e. The van der Waals surface area contributed by atoms with Gasteiger partial charge in [0.05, 0.1) is 10.9 Å². The van der Waals surface area contributed by atoms with Gasteiger partial charge in [0.25, 0.3) is 5.56 Å². The fourth-order valence-corrected chi connectivity index (χ4v) is 2.12. The van der Waals surface area contributed by atoms with Gasteiger partial charge in [-0.1, -0.05) is 24.3 Å². The van der Waals surface area contributed by atoms with Crippen molar-refractivity contribution in [2.75, 3.05) is 5.73 Å². The lowest BCUT2D eigenvalue weighted by Crippen LogP contribution is -2.12. The summed E-state index contributed by atoms with van der Waals surface area (Å²) in [4.78, 5) is 19.2. The Morgan fingerprint density at radius 3 is 2.79 bits per heavy atom. The summed E-state index contributed by atoms with van der Waals surface area (Å²) in [5.41, 5.74) is 8.08. The normalized spacial score (nSPS) is 10.7. The van der Waals surface area contributed by atoms with Gasteiger partial charge in [-0.25, -0.2) is 4.98 Å². The van der Waals surface area contributed by atoms with E-state index in [-0.39, 0.29) is 5.56 Å². The molecule has 0 aliphatic heterocycles. The smallest absolute Gasteiger partial charge is 0.258 e. The van der Waals surface area contributed by atoms with Crippen LogP contribution in [0.25, 0.3) is 10.9 Å². The van der Waals surface area contributed by atoms with Crippen LogP contribution in [0.1, 0.15) is 11.4 Å². The van der Waals surface area contributed by atoms with Gasteiger partial charge in [-0.05, 0) is 29.8 Å². The van der Waals surface area contributed by atoms with Gasteiger partial charge in [-0.15, -0.1) is 0 Å². The van der Waals surface area contributed by atoms with Crippen LogP contribution in [0.5, 0.6) is 0 Å². The van der Waals surface area contributed by atoms with E-state index >= 15 is 0 Å². The lowest BCUT2D eigenvalue weighted by atomic mass is 10.1. The molecule has 19 heavy (non-hydrogen) atoms. The number of aromatic nitrogens is 2. The van der Waals surface area contributed by atoms with Crippen LogP contribution in [0, 0.1) is 0 Å². The quantitative estimate of drug-likeness (QED) is 0.685. The summed E-state index contributed by atoms with van der Waals surface area (Å²) in [7, 11) is 0. The molecule has 4 heteroatoms. The number of para-hydroxylation sites is 1. The van der Waals surface area contributed by atoms with Crippen LogP contribution in [-0.4, -0.2) is 9.97 Å². The van der Waals surface area contributed by atoms with E-state index in [9.17, 15) is 4.79 Å². The predicted octanol–water partition coefficient (Wildman–Crippen LogP) is 2.10. The first kappa shape index (κ1) is 11.5. The summed E-state index contributed by atoms with van der Waals surface area (Å²) in [5, 5.41) is 0.610. The molecular weight excluding hydrogens is 238 g/mol. The first-order valence-corrected chi connectivity index (χ1v) is 6.05. The zero-order valence-electron chi connectivity index (χ0n) is 10.3. The number of hydrogen-bond acceptors (Lipinski definition) is 3. The summed E-state index contributed by atoms with van der Waals surface area (Å²) < 4.78 is 0. The number of hydrogen-bond donors (Lipinski definition) is 2. The standard InChI is InChI=1S/C15H13N3O/c16-11-5-3-4-10(8-11)9-14-17-13-7-2-1-6-12(13)15(19)18-14/h1-8H,9,16H2,(H,17,18,19). The van der Waals surface area contributed by atoms with E-state index in [1.807, 2.05) is 42.5 Å². The maximum absolute atomic E-state index is 11.9. The summed E-state index contributed by atoms with van der Waals surface area (Å²) in [5.74, 6) is 0.648. The van der Waals surface area contributed by atoms with E-state index < -0.39 is 0 Å². The number of nitrogens with zero attached hydrogens (tertiary/aromatic N) is 1. The zero-order valence-corrected chi connectivity index (χ0v) is 10.3. The third kappa shape index (κ3) is 2.33. The molecule has 2 aromatic carbocycles. The lowest BCUT2D eigenvalue weighted by molar-refractivity contribution is 0.973. The molecular formula is C15H13N3O. The number of benzene rings is 2. The Balaban J connectivity index is 2.04. The molecule has 0 aliphatic rings. The van der Waals surface area contributed by atoms with Crippen molar-refractivity contribution in [3.05, 3.63) is 70.3 Å². The molecule has 4 nitrogen and oxygen atoms in total. The highest BCUT2D eigenvalue weighted by Gasteiger charge is 2.04. The molecule has 1 heterocycles. The molecule has 0 fully saturated rings. The van der Waals surface area contributed by atoms with E-state index in [0.29, 0.717) is 28.8 Å². The Kier molecular flexibility index (Phi) is 2.76. The molecule has 3 aromatic rings. The second-order valence-electron chi connectivity index (χ2n) is 4.45. The molecule has 3 rings (SSSR count). The summed E-state index contributed by atoms with van der Waals surface area (Å²) in [6, 6.07) is 14.9. The fraction of sp³-hybridized carbons (Fsp3) is 0.0667. The SMILES string of the molecule is Nc1cccc(Cc2nc3ccccc3c(=O)[nH]2)c1. The minimum absolute atomic E-state index is 0.107. The van der Waals surface area contributed by atoms with Crippen LogP contribution in [-0.2, 0) is 6.42 Å². The highest BCUT2D eigenvalue weighted by Crippen LogP contribution is 2.11. The van der Waals surface area contributed by atoms with Crippen molar-refractivity contribution in [2.45, 2.75) is 6.42 Å². The Labute approximate surface area is 109 Å². The van der Waals surface area contributed by atoms with Crippen LogP contribution < -0.4 is 11.3 Å². The minimum Gasteiger partial charge on any atom is -0.399 e. The van der Waals surface area contributed by atoms with Crippen molar-refractivity contribution < 1.29 is 0 Å². The van der Waals surface area contributed by atoms with Crippen LogP contribution >= 0.6 is 0 Å². The fourth-order valence-electron chi connectivity index (χ4n) is 2.12. The number of H-pyrrole nitrogens is 1. The molecule has 94 valence electrons. The maximum atomic E-state index is 11.9. The van der Waals surface area contributed by atoms with E-state index in [1.165, 1.54) is 0 Å². The van der Waals surface area contributed by atoms with Gasteiger partial charge in [-0.3, -0.25) is 4.79 Å². The molecule has 1 aromatic heterocycles. The third-order valence-electron chi connectivity index (χ3n) is 2.98. The molecule has 0 radical (unpaired) electrons. The average molecular weight is 251 g/mol. The van der Waals surface area contributed by atoms with Crippen molar-refractivity contribution in [1.82, 2.24) is 9.97 Å². The highest BCUT2D eigenvalue weighted by molar-refractivity contribution is 5.77. The van der Waals surface area contributed by atoms with Crippen molar-refractivity contribution in [2.24, 2.45) is 0 Å². The Bertz CT molecular complexity index is 792. The summed E-state index contributed by atoms with van der Waals surface area (Å²) in [6.07, 6.45) is 0.561. The molecule has 0 aliphatic carbocycles. The summed E-state index contributed by atoms with van der Waals surface area (Å²) in [6.45, 7) is 0. The third-order valence-corrected chi connectivity index (χ3v) is 2.98. The zero-order chi connectivity index (χ0) is 13.2. The average Bonchev–Trinajstić information content (AvgIpc) is 2.39. The number of fused-ring (bicyclic) bond motifs is 1. The van der Waals surface area contributed by atoms with E-state index in [4.69, 9.17) is 5.73 Å². The number of rotatable bonds is 2. The van der Waals surface area contributed by atoms with Crippen LogP contribution in [0.2, 0.25) is 0 Å². The van der Waals surface area contributed by atoms with Crippen LogP contribution in [0.15, 0.2) is 53.3 Å². The number of aromatic amines is 1. The largest absolute Gasteiger partial charge is 0.399 e. The molecule has 0 amide bonds. The van der Waals surface area contributed by atoms with E-state index in [1.54, 1.807) is 6.07 Å². The Morgan fingerprint density at radius 1 is 1.11 bits per heavy atom. The van der Waals surface area contributed by atoms with Gasteiger partial charge in [0.1, 0.15) is 5.82 Å². The molecule has 0 saturated heterocycles. The number of nitrogen functional groups attached to an aromatic ring is 1. The molecule has 0 atom stereocenters. The molecule has 0 bridgehead atoms. The van der Waals surface area contributed by atoms with Crippen LogP contribution in [0.3, 0.4) is 0 Å². The van der Waals surface area contributed by atoms with Gasteiger partial charge in [0.2, 0.25) is 0 Å². The predicted molar refractivity (Wildman–Crippen MR) is 76.0 cm³/mol. The van der Waals surface area contributed by atoms with Gasteiger partial charge in [0.15, 0.2) is 0 Å². The van der Waals surface area contributed by atoms with Crippen molar-refractivity contribution in [3.63, 3.8) is 0 Å².